The molecule has 1 fully saturated rings. The second-order valence-electron chi connectivity index (χ2n) is 10.7. The van der Waals surface area contributed by atoms with Crippen molar-refractivity contribution in [3.05, 3.63) is 70.3 Å². The molecule has 3 N–H and O–H groups in total. The van der Waals surface area contributed by atoms with Crippen LogP contribution in [0.1, 0.15) is 84.2 Å². The second-order valence-corrected chi connectivity index (χ2v) is 10.7. The van der Waals surface area contributed by atoms with Crippen molar-refractivity contribution >= 4 is 11.8 Å². The number of halogens is 2. The van der Waals surface area contributed by atoms with E-state index in [4.69, 9.17) is 4.74 Å². The van der Waals surface area contributed by atoms with Gasteiger partial charge in [0, 0.05) is 19.2 Å². The van der Waals surface area contributed by atoms with Crippen molar-refractivity contribution in [3.63, 3.8) is 0 Å². The third-order valence-electron chi connectivity index (χ3n) is 7.23. The summed E-state index contributed by atoms with van der Waals surface area (Å²) >= 11 is 0. The molecule has 7 nitrogen and oxygen atoms in total. The van der Waals surface area contributed by atoms with Gasteiger partial charge in [0.05, 0.1) is 29.9 Å². The maximum absolute atomic E-state index is 13.9. The molecule has 1 aliphatic carbocycles. The molecule has 0 heterocycles. The van der Waals surface area contributed by atoms with E-state index in [0.29, 0.717) is 13.1 Å². The first kappa shape index (κ1) is 31.6. The van der Waals surface area contributed by atoms with Crippen LogP contribution in [0.2, 0.25) is 0 Å². The Bertz CT molecular complexity index is 1110. The van der Waals surface area contributed by atoms with Crippen molar-refractivity contribution < 1.29 is 33.3 Å². The summed E-state index contributed by atoms with van der Waals surface area (Å²) in [6, 6.07) is 6.78. The molecule has 220 valence electrons. The van der Waals surface area contributed by atoms with Crippen LogP contribution in [-0.2, 0) is 11.2 Å². The fourth-order valence-corrected chi connectivity index (χ4v) is 5.20. The zero-order valence-electron chi connectivity index (χ0n) is 23.7. The van der Waals surface area contributed by atoms with E-state index in [2.05, 4.69) is 5.32 Å². The molecule has 0 aliphatic heterocycles. The second kappa shape index (κ2) is 15.2. The lowest BCUT2D eigenvalue weighted by molar-refractivity contribution is -0.0687. The lowest BCUT2D eigenvalue weighted by atomic mass is 9.96. The minimum absolute atomic E-state index is 0.00234. The monoisotopic (exact) mass is 560 g/mol. The molecule has 40 heavy (non-hydrogen) atoms. The fourth-order valence-electron chi connectivity index (χ4n) is 5.20. The number of nitrogens with one attached hydrogen (secondary N) is 1. The summed E-state index contributed by atoms with van der Waals surface area (Å²) in [5.74, 6) is -2.50. The molecule has 0 radical (unpaired) electrons. The predicted molar refractivity (Wildman–Crippen MR) is 149 cm³/mol. The Hall–Kier alpha value is -2.88. The van der Waals surface area contributed by atoms with Gasteiger partial charge in [-0.25, -0.2) is 8.78 Å². The van der Waals surface area contributed by atoms with Gasteiger partial charge in [0.25, 0.3) is 11.8 Å². The van der Waals surface area contributed by atoms with Crippen LogP contribution in [0.5, 0.6) is 0 Å². The van der Waals surface area contributed by atoms with Gasteiger partial charge < -0.3 is 25.2 Å². The minimum Gasteiger partial charge on any atom is -0.388 e. The van der Waals surface area contributed by atoms with Crippen molar-refractivity contribution in [2.75, 3.05) is 19.7 Å². The maximum Gasteiger partial charge on any atom is 0.254 e. The van der Waals surface area contributed by atoms with E-state index in [0.717, 1.165) is 62.3 Å². The molecule has 0 bridgehead atoms. The number of rotatable bonds is 14. The van der Waals surface area contributed by atoms with E-state index < -0.39 is 35.8 Å². The van der Waals surface area contributed by atoms with Gasteiger partial charge in [0.1, 0.15) is 23.8 Å². The minimum atomic E-state index is -1.50. The van der Waals surface area contributed by atoms with E-state index >= 15 is 0 Å². The topological polar surface area (TPSA) is 99.1 Å². The number of aliphatic hydroxyl groups excluding tert-OH is 2. The first-order chi connectivity index (χ1) is 19.1. The standard InChI is InChI=1S/C31H42F2N2O5/c1-4-12-35(13-5-2)31(39)26-14-20(3)10-11-25(26)30(38)34-27(17-21-15-22(32)18-23(33)16-21)29(37)28(36)19-40-24-8-6-7-9-24/h10-11,14-16,18,24,27-29,36-37H,4-9,12-13,17,19H2,1-3H3,(H,34,38)/t27-,28?,29+/m0/s1. The van der Waals surface area contributed by atoms with Crippen molar-refractivity contribution in [2.45, 2.75) is 90.1 Å². The van der Waals surface area contributed by atoms with Crippen LogP contribution in [0, 0.1) is 18.6 Å². The normalized spacial score (nSPS) is 16.0. The Morgan fingerprint density at radius 2 is 1.62 bits per heavy atom. The molecule has 1 saturated carbocycles. The Morgan fingerprint density at radius 3 is 2.23 bits per heavy atom. The number of aliphatic hydroxyl groups is 2. The van der Waals surface area contributed by atoms with Crippen molar-refractivity contribution in [1.29, 1.82) is 0 Å². The third-order valence-corrected chi connectivity index (χ3v) is 7.23. The number of carbonyl (C=O) groups excluding carboxylic acids is 2. The maximum atomic E-state index is 13.9. The number of hydrogen-bond donors (Lipinski definition) is 3. The molecule has 1 aliphatic rings. The molecule has 0 spiro atoms. The van der Waals surface area contributed by atoms with Crippen LogP contribution in [0.3, 0.4) is 0 Å². The fraction of sp³-hybridized carbons (Fsp3) is 0.548. The molecule has 2 aromatic rings. The van der Waals surface area contributed by atoms with Crippen LogP contribution >= 0.6 is 0 Å². The van der Waals surface area contributed by atoms with Gasteiger partial charge in [0.15, 0.2) is 0 Å². The van der Waals surface area contributed by atoms with Crippen molar-refractivity contribution in [1.82, 2.24) is 10.2 Å². The van der Waals surface area contributed by atoms with E-state index in [1.165, 1.54) is 0 Å². The van der Waals surface area contributed by atoms with Crippen LogP contribution in [0.4, 0.5) is 8.78 Å². The SMILES string of the molecule is CCCN(CCC)C(=O)c1cc(C)ccc1C(=O)N[C@@H](Cc1cc(F)cc(F)c1)[C@@H](O)C(O)COC1CCCC1. The van der Waals surface area contributed by atoms with E-state index in [1.807, 2.05) is 20.8 Å². The molecule has 0 aromatic heterocycles. The first-order valence-corrected chi connectivity index (χ1v) is 14.3. The number of amides is 2. The largest absolute Gasteiger partial charge is 0.388 e. The van der Waals surface area contributed by atoms with Crippen LogP contribution in [-0.4, -0.2) is 71.0 Å². The molecule has 2 amide bonds. The zero-order valence-corrected chi connectivity index (χ0v) is 23.7. The Morgan fingerprint density at radius 1 is 1.00 bits per heavy atom. The van der Waals surface area contributed by atoms with Crippen LogP contribution in [0.15, 0.2) is 36.4 Å². The average Bonchev–Trinajstić information content (AvgIpc) is 3.43. The average molecular weight is 561 g/mol. The van der Waals surface area contributed by atoms with Gasteiger partial charge in [-0.2, -0.15) is 0 Å². The van der Waals surface area contributed by atoms with Crippen LogP contribution < -0.4 is 5.32 Å². The summed E-state index contributed by atoms with van der Waals surface area (Å²) < 4.78 is 33.6. The van der Waals surface area contributed by atoms with E-state index in [1.54, 1.807) is 23.1 Å². The van der Waals surface area contributed by atoms with Gasteiger partial charge >= 0.3 is 0 Å². The lowest BCUT2D eigenvalue weighted by Gasteiger charge is -2.29. The molecule has 3 atom stereocenters. The highest BCUT2D eigenvalue weighted by Gasteiger charge is 2.31. The van der Waals surface area contributed by atoms with Crippen LogP contribution in [0.25, 0.3) is 0 Å². The van der Waals surface area contributed by atoms with E-state index in [-0.39, 0.29) is 41.7 Å². The van der Waals surface area contributed by atoms with Gasteiger partial charge in [0.2, 0.25) is 0 Å². The molecule has 1 unspecified atom stereocenters. The smallest absolute Gasteiger partial charge is 0.254 e. The highest BCUT2D eigenvalue weighted by Crippen LogP contribution is 2.22. The Labute approximate surface area is 235 Å². The number of nitrogens with zero attached hydrogens (tertiary/aromatic N) is 1. The summed E-state index contributed by atoms with van der Waals surface area (Å²) in [6.07, 6.45) is 2.35. The summed E-state index contributed by atoms with van der Waals surface area (Å²) in [5.41, 5.74) is 1.35. The number of ether oxygens (including phenoxy) is 1. The molecule has 3 rings (SSSR count). The van der Waals surface area contributed by atoms with Gasteiger partial charge in [-0.05, 0) is 68.9 Å². The molecule has 2 aromatic carbocycles. The summed E-state index contributed by atoms with van der Waals surface area (Å²) in [4.78, 5) is 28.8. The Kier molecular flexibility index (Phi) is 12.0. The molecule has 9 heteroatoms. The lowest BCUT2D eigenvalue weighted by Crippen LogP contribution is -2.51. The van der Waals surface area contributed by atoms with E-state index in [9.17, 15) is 28.6 Å². The van der Waals surface area contributed by atoms with Gasteiger partial charge in [-0.15, -0.1) is 0 Å². The number of aryl methyl sites for hydroxylation is 1. The number of carbonyl (C=O) groups is 2. The highest BCUT2D eigenvalue weighted by atomic mass is 19.1. The summed E-state index contributed by atoms with van der Waals surface area (Å²) in [6.45, 7) is 6.72. The quantitative estimate of drug-likeness (QED) is 0.315. The summed E-state index contributed by atoms with van der Waals surface area (Å²) in [7, 11) is 0. The highest BCUT2D eigenvalue weighted by molar-refractivity contribution is 6.07. The predicted octanol–water partition coefficient (Wildman–Crippen LogP) is 4.56. The Balaban J connectivity index is 1.87. The zero-order chi connectivity index (χ0) is 29.2. The number of benzene rings is 2. The van der Waals surface area contributed by atoms with Crippen molar-refractivity contribution in [3.8, 4) is 0 Å². The first-order valence-electron chi connectivity index (χ1n) is 14.3. The van der Waals surface area contributed by atoms with Crippen molar-refractivity contribution in [2.24, 2.45) is 0 Å². The van der Waals surface area contributed by atoms with Gasteiger partial charge in [-0.3, -0.25) is 9.59 Å². The number of hydrogen-bond acceptors (Lipinski definition) is 5. The molecular weight excluding hydrogens is 518 g/mol. The summed E-state index contributed by atoms with van der Waals surface area (Å²) in [5, 5.41) is 24.6. The third kappa shape index (κ3) is 8.81. The molecular formula is C31H42F2N2O5. The van der Waals surface area contributed by atoms with Gasteiger partial charge in [-0.1, -0.05) is 38.3 Å². The molecule has 0 saturated heterocycles.